The summed E-state index contributed by atoms with van der Waals surface area (Å²) < 4.78 is 162. The smallest absolute Gasteiger partial charge is 0.380 e. The highest BCUT2D eigenvalue weighted by atomic mass is 35.5. The van der Waals surface area contributed by atoms with E-state index in [1.165, 1.54) is 0 Å². The number of rotatable bonds is 5. The first-order valence-electron chi connectivity index (χ1n) is 11.2. The van der Waals surface area contributed by atoms with Crippen molar-refractivity contribution in [1.82, 2.24) is 4.90 Å². The maximum atomic E-state index is 13.5. The lowest BCUT2D eigenvalue weighted by Gasteiger charge is -2.38. The van der Waals surface area contributed by atoms with Crippen LogP contribution in [-0.2, 0) is 30.3 Å². The molecular weight excluding hydrogens is 582 g/mol. The monoisotopic (exact) mass is 603 g/mol. The Hall–Kier alpha value is -2.19. The molecule has 1 aliphatic rings. The zero-order chi connectivity index (χ0) is 28.9. The standard InChI is InChI=1S/C24H21F12NO.ClH/c1-13(12-37-4-2-3-5-37)20(38,14-6-16(21(25,26)27)10-17(7-14)22(28,29)30)15-8-18(23(31,32)33)11-19(9-15)24(34,35)36;/h6-11,13,38H,2-5,12H2,1H3;1H. The first kappa shape index (κ1) is 33.0. The van der Waals surface area contributed by atoms with Crippen LogP contribution in [0.2, 0.25) is 0 Å². The van der Waals surface area contributed by atoms with Gasteiger partial charge in [-0.1, -0.05) is 6.92 Å². The highest BCUT2D eigenvalue weighted by molar-refractivity contribution is 5.85. The normalized spacial score (nSPS) is 16.8. The fourth-order valence-corrected chi connectivity index (χ4v) is 4.57. The molecule has 2 aromatic carbocycles. The Labute approximate surface area is 221 Å². The zero-order valence-corrected chi connectivity index (χ0v) is 20.7. The fourth-order valence-electron chi connectivity index (χ4n) is 4.57. The first-order chi connectivity index (χ1) is 17.1. The summed E-state index contributed by atoms with van der Waals surface area (Å²) in [5.74, 6) is -1.44. The van der Waals surface area contributed by atoms with Crippen LogP contribution in [0.1, 0.15) is 53.1 Å². The predicted molar refractivity (Wildman–Crippen MR) is 118 cm³/mol. The van der Waals surface area contributed by atoms with E-state index < -0.39 is 69.6 Å². The molecule has 0 spiro atoms. The Kier molecular flexibility index (Phi) is 9.31. The van der Waals surface area contributed by atoms with Crippen molar-refractivity contribution >= 4 is 12.4 Å². The second kappa shape index (κ2) is 11.0. The Morgan fingerprint density at radius 1 is 0.590 bits per heavy atom. The van der Waals surface area contributed by atoms with Gasteiger partial charge in [-0.25, -0.2) is 0 Å². The van der Waals surface area contributed by atoms with Crippen LogP contribution in [0.15, 0.2) is 36.4 Å². The van der Waals surface area contributed by atoms with Crippen molar-refractivity contribution in [2.75, 3.05) is 19.6 Å². The molecule has 0 bridgehead atoms. The highest BCUT2D eigenvalue weighted by Gasteiger charge is 2.46. The fraction of sp³-hybridized carbons (Fsp3) is 0.500. The van der Waals surface area contributed by atoms with Crippen molar-refractivity contribution in [3.8, 4) is 0 Å². The summed E-state index contributed by atoms with van der Waals surface area (Å²) in [6, 6.07) is -0.0380. The van der Waals surface area contributed by atoms with E-state index >= 15 is 0 Å². The van der Waals surface area contributed by atoms with E-state index in [1.807, 2.05) is 0 Å². The van der Waals surface area contributed by atoms with Crippen molar-refractivity contribution in [1.29, 1.82) is 0 Å². The van der Waals surface area contributed by atoms with Gasteiger partial charge in [-0.2, -0.15) is 52.7 Å². The third-order valence-electron chi connectivity index (χ3n) is 6.50. The average Bonchev–Trinajstić information content (AvgIpc) is 3.28. The molecule has 15 heteroatoms. The highest BCUT2D eigenvalue weighted by Crippen LogP contribution is 2.46. The van der Waals surface area contributed by atoms with Gasteiger partial charge in [-0.15, -0.1) is 12.4 Å². The quantitative estimate of drug-likeness (QED) is 0.349. The number of nitrogens with zero attached hydrogens (tertiary/aromatic N) is 1. The van der Waals surface area contributed by atoms with Crippen molar-refractivity contribution in [3.05, 3.63) is 69.8 Å². The molecule has 1 heterocycles. The number of aliphatic hydroxyl groups is 1. The average molecular weight is 604 g/mol. The Balaban J connectivity index is 0.00000533. The number of halogens is 13. The molecule has 1 fully saturated rings. The summed E-state index contributed by atoms with van der Waals surface area (Å²) in [5.41, 5.74) is -12.9. The van der Waals surface area contributed by atoms with E-state index in [9.17, 15) is 57.8 Å². The molecule has 0 aromatic heterocycles. The van der Waals surface area contributed by atoms with Crippen molar-refractivity contribution in [2.45, 2.75) is 50.1 Å². The maximum absolute atomic E-state index is 13.5. The molecule has 0 aliphatic carbocycles. The predicted octanol–water partition coefficient (Wildman–Crippen LogP) is 8.15. The first-order valence-corrected chi connectivity index (χ1v) is 11.2. The van der Waals surface area contributed by atoms with Crippen molar-refractivity contribution < 1.29 is 57.8 Å². The second-order valence-corrected chi connectivity index (χ2v) is 9.26. The van der Waals surface area contributed by atoms with Crippen LogP contribution in [0.25, 0.3) is 0 Å². The molecule has 1 unspecified atom stereocenters. The van der Waals surface area contributed by atoms with Crippen LogP contribution in [0.3, 0.4) is 0 Å². The van der Waals surface area contributed by atoms with Gasteiger partial charge >= 0.3 is 24.7 Å². The van der Waals surface area contributed by atoms with Gasteiger partial charge in [0, 0.05) is 12.5 Å². The molecule has 220 valence electrons. The molecular formula is C24H22ClF12NO. The summed E-state index contributed by atoms with van der Waals surface area (Å²) in [6.07, 6.45) is -20.2. The Bertz CT molecular complexity index is 1010. The lowest BCUT2D eigenvalue weighted by Crippen LogP contribution is -2.42. The molecule has 39 heavy (non-hydrogen) atoms. The lowest BCUT2D eigenvalue weighted by atomic mass is 9.74. The van der Waals surface area contributed by atoms with E-state index in [1.54, 1.807) is 4.90 Å². The van der Waals surface area contributed by atoms with Gasteiger partial charge < -0.3 is 10.0 Å². The van der Waals surface area contributed by atoms with E-state index in [2.05, 4.69) is 0 Å². The largest absolute Gasteiger partial charge is 0.416 e. The molecule has 1 aliphatic heterocycles. The zero-order valence-electron chi connectivity index (χ0n) is 19.9. The molecule has 2 nitrogen and oxygen atoms in total. The maximum Gasteiger partial charge on any atom is 0.416 e. The summed E-state index contributed by atoms with van der Waals surface area (Å²) in [6.45, 7) is 1.73. The van der Waals surface area contributed by atoms with Crippen LogP contribution < -0.4 is 0 Å². The van der Waals surface area contributed by atoms with Gasteiger partial charge in [0.15, 0.2) is 0 Å². The third kappa shape index (κ3) is 7.31. The molecule has 1 N–H and O–H groups in total. The SMILES string of the molecule is CC(CN1CCCC1)C(O)(c1cc(C(F)(F)F)cc(C(F)(F)F)c1)c1cc(C(F)(F)F)cc(C(F)(F)F)c1.Cl. The van der Waals surface area contributed by atoms with Crippen molar-refractivity contribution in [3.63, 3.8) is 0 Å². The van der Waals surface area contributed by atoms with E-state index in [-0.39, 0.29) is 55.3 Å². The minimum atomic E-state index is -5.37. The molecule has 2 aromatic rings. The number of hydrogen-bond donors (Lipinski definition) is 1. The van der Waals surface area contributed by atoms with E-state index in [0.29, 0.717) is 25.9 Å². The summed E-state index contributed by atoms with van der Waals surface area (Å²) in [4.78, 5) is 1.66. The van der Waals surface area contributed by atoms with Crippen molar-refractivity contribution in [2.24, 2.45) is 5.92 Å². The van der Waals surface area contributed by atoms with Crippen LogP contribution in [0.5, 0.6) is 0 Å². The van der Waals surface area contributed by atoms with Crippen LogP contribution in [0, 0.1) is 5.92 Å². The van der Waals surface area contributed by atoms with Gasteiger partial charge in [0.1, 0.15) is 5.60 Å². The molecule has 0 radical (unpaired) electrons. The second-order valence-electron chi connectivity index (χ2n) is 9.26. The Morgan fingerprint density at radius 3 is 1.10 bits per heavy atom. The summed E-state index contributed by atoms with van der Waals surface area (Å²) in [5, 5.41) is 11.7. The molecule has 0 amide bonds. The summed E-state index contributed by atoms with van der Waals surface area (Å²) in [7, 11) is 0. The number of alkyl halides is 12. The summed E-state index contributed by atoms with van der Waals surface area (Å²) >= 11 is 0. The van der Waals surface area contributed by atoms with Gasteiger partial charge in [-0.3, -0.25) is 0 Å². The van der Waals surface area contributed by atoms with E-state index in [4.69, 9.17) is 0 Å². The lowest BCUT2D eigenvalue weighted by molar-refractivity contribution is -0.144. The topological polar surface area (TPSA) is 23.5 Å². The molecule has 1 atom stereocenters. The molecule has 3 rings (SSSR count). The van der Waals surface area contributed by atoms with Gasteiger partial charge in [0.05, 0.1) is 22.3 Å². The van der Waals surface area contributed by atoms with E-state index in [0.717, 1.165) is 6.92 Å². The van der Waals surface area contributed by atoms with Gasteiger partial charge in [-0.05, 0) is 73.5 Å². The third-order valence-corrected chi connectivity index (χ3v) is 6.50. The number of hydrogen-bond acceptors (Lipinski definition) is 2. The van der Waals surface area contributed by atoms with Crippen LogP contribution in [0.4, 0.5) is 52.7 Å². The van der Waals surface area contributed by atoms with Crippen LogP contribution in [-0.4, -0.2) is 29.6 Å². The minimum absolute atomic E-state index is 0. The Morgan fingerprint density at radius 2 is 0.846 bits per heavy atom. The minimum Gasteiger partial charge on any atom is -0.380 e. The van der Waals surface area contributed by atoms with Gasteiger partial charge in [0.25, 0.3) is 0 Å². The number of benzene rings is 2. The van der Waals surface area contributed by atoms with Gasteiger partial charge in [0.2, 0.25) is 0 Å². The van der Waals surface area contributed by atoms with Crippen LogP contribution >= 0.6 is 12.4 Å². The molecule has 0 saturated carbocycles. The molecule has 1 saturated heterocycles. The number of likely N-dealkylation sites (tertiary alicyclic amines) is 1.